The van der Waals surface area contributed by atoms with Gasteiger partial charge >= 0.3 is 0 Å². The molecule has 1 N–H and O–H groups in total. The molecule has 2 aliphatic heterocycles. The van der Waals surface area contributed by atoms with Crippen LogP contribution < -0.4 is 4.90 Å². The van der Waals surface area contributed by atoms with Gasteiger partial charge in [-0.25, -0.2) is 0 Å². The summed E-state index contributed by atoms with van der Waals surface area (Å²) in [5.74, 6) is 0.310. The van der Waals surface area contributed by atoms with E-state index in [1.807, 2.05) is 11.8 Å². The average molecular weight is 328 g/mol. The Balaban J connectivity index is 1.64. The van der Waals surface area contributed by atoms with Crippen molar-refractivity contribution < 1.29 is 5.11 Å². The molecule has 0 spiro atoms. The van der Waals surface area contributed by atoms with Crippen LogP contribution in [0.15, 0.2) is 53.5 Å². The Bertz CT molecular complexity index is 630. The van der Waals surface area contributed by atoms with Crippen LogP contribution in [0.5, 0.6) is 0 Å². The largest absolute Gasteiger partial charge is 0.393 e. The fraction of sp³-hybridized carbons (Fsp3) is 0.474. The second kappa shape index (κ2) is 6.34. The number of nitrogens with zero attached hydrogens (tertiary/aromatic N) is 2. The summed E-state index contributed by atoms with van der Waals surface area (Å²) < 4.78 is 0. The first-order valence-corrected chi connectivity index (χ1v) is 9.34. The van der Waals surface area contributed by atoms with Crippen LogP contribution in [0.4, 0.5) is 5.69 Å². The highest BCUT2D eigenvalue weighted by molar-refractivity contribution is 8.00. The van der Waals surface area contributed by atoms with Gasteiger partial charge in [-0.2, -0.15) is 0 Å². The van der Waals surface area contributed by atoms with E-state index in [4.69, 9.17) is 0 Å². The summed E-state index contributed by atoms with van der Waals surface area (Å²) in [6.07, 6.45) is 9.63. The lowest BCUT2D eigenvalue weighted by Gasteiger charge is -2.45. The molecule has 0 bridgehead atoms. The number of hydrogen-bond acceptors (Lipinski definition) is 4. The number of piperidine rings is 1. The van der Waals surface area contributed by atoms with Gasteiger partial charge in [0.2, 0.25) is 0 Å². The van der Waals surface area contributed by atoms with E-state index in [9.17, 15) is 5.11 Å². The monoisotopic (exact) mass is 328 g/mol. The summed E-state index contributed by atoms with van der Waals surface area (Å²) >= 11 is 1.96. The van der Waals surface area contributed by atoms with E-state index in [1.165, 1.54) is 10.6 Å². The molecule has 4 rings (SSSR count). The first-order chi connectivity index (χ1) is 11.2. The summed E-state index contributed by atoms with van der Waals surface area (Å²) in [7, 11) is 2.16. The van der Waals surface area contributed by atoms with Crippen molar-refractivity contribution >= 4 is 17.4 Å². The van der Waals surface area contributed by atoms with Crippen LogP contribution in [0.1, 0.15) is 6.42 Å². The van der Waals surface area contributed by atoms with Gasteiger partial charge in [0.15, 0.2) is 0 Å². The zero-order chi connectivity index (χ0) is 15.8. The van der Waals surface area contributed by atoms with Crippen LogP contribution >= 0.6 is 11.8 Å². The Morgan fingerprint density at radius 2 is 2.04 bits per heavy atom. The smallest absolute Gasteiger partial charge is 0.0634 e. The standard InChI is InChI=1S/C19H24N2OS/c1-20-11-10-17(22)14(12-20)13-21-15-6-2-4-8-18(15)23-19-9-5-3-7-16(19)21/h2-9,14-15,17-18,22H,10-13H2,1H3. The third kappa shape index (κ3) is 2.95. The van der Waals surface area contributed by atoms with Gasteiger partial charge in [0.1, 0.15) is 0 Å². The zero-order valence-corrected chi connectivity index (χ0v) is 14.3. The first kappa shape index (κ1) is 15.3. The van der Waals surface area contributed by atoms with E-state index in [-0.39, 0.29) is 6.10 Å². The van der Waals surface area contributed by atoms with Gasteiger partial charge in [-0.05, 0) is 25.6 Å². The number of likely N-dealkylation sites (tertiary alicyclic amines) is 1. The minimum absolute atomic E-state index is 0.186. The molecule has 1 aromatic rings. The minimum Gasteiger partial charge on any atom is -0.393 e. The summed E-state index contributed by atoms with van der Waals surface area (Å²) in [6, 6.07) is 9.08. The number of hydrogen-bond donors (Lipinski definition) is 1. The van der Waals surface area contributed by atoms with E-state index in [1.54, 1.807) is 0 Å². The Kier molecular flexibility index (Phi) is 4.22. The van der Waals surface area contributed by atoms with Crippen molar-refractivity contribution in [1.82, 2.24) is 4.90 Å². The highest BCUT2D eigenvalue weighted by atomic mass is 32.2. The van der Waals surface area contributed by atoms with Crippen molar-refractivity contribution in [1.29, 1.82) is 0 Å². The lowest BCUT2D eigenvalue weighted by Crippen LogP contribution is -2.52. The van der Waals surface area contributed by atoms with Crippen molar-refractivity contribution in [3.05, 3.63) is 48.6 Å². The van der Waals surface area contributed by atoms with Crippen molar-refractivity contribution in [3.8, 4) is 0 Å². The maximum Gasteiger partial charge on any atom is 0.0634 e. The zero-order valence-electron chi connectivity index (χ0n) is 13.5. The fourth-order valence-corrected chi connectivity index (χ4v) is 5.22. The van der Waals surface area contributed by atoms with Gasteiger partial charge in [0, 0.05) is 30.4 Å². The van der Waals surface area contributed by atoms with E-state index in [2.05, 4.69) is 65.4 Å². The number of allylic oxidation sites excluding steroid dienone is 2. The molecule has 0 aromatic heterocycles. The third-order valence-corrected chi connectivity index (χ3v) is 6.49. The molecule has 1 aliphatic carbocycles. The quantitative estimate of drug-likeness (QED) is 0.903. The molecule has 0 amide bonds. The second-order valence-corrected chi connectivity index (χ2v) is 8.06. The van der Waals surface area contributed by atoms with Crippen LogP contribution in [-0.4, -0.2) is 54.1 Å². The predicted octanol–water partition coefficient (Wildman–Crippen LogP) is 2.77. The van der Waals surface area contributed by atoms with Crippen LogP contribution in [0.2, 0.25) is 0 Å². The summed E-state index contributed by atoms with van der Waals surface area (Å²) in [5, 5.41) is 10.9. The Morgan fingerprint density at radius 1 is 1.22 bits per heavy atom. The normalized spacial score (nSPS) is 33.4. The number of aliphatic hydroxyl groups is 1. The van der Waals surface area contributed by atoms with E-state index in [0.717, 1.165) is 26.1 Å². The molecule has 1 saturated heterocycles. The van der Waals surface area contributed by atoms with Gasteiger partial charge in [0.05, 0.1) is 23.1 Å². The topological polar surface area (TPSA) is 26.7 Å². The van der Waals surface area contributed by atoms with Crippen molar-refractivity contribution in [2.75, 3.05) is 31.6 Å². The number of anilines is 1. The van der Waals surface area contributed by atoms with Crippen molar-refractivity contribution in [2.45, 2.75) is 28.7 Å². The number of fused-ring (bicyclic) bond motifs is 2. The number of para-hydroxylation sites is 1. The Hall–Kier alpha value is -1.23. The van der Waals surface area contributed by atoms with Gasteiger partial charge in [0.25, 0.3) is 0 Å². The van der Waals surface area contributed by atoms with Gasteiger partial charge in [-0.3, -0.25) is 0 Å². The summed E-state index contributed by atoms with van der Waals surface area (Å²) in [4.78, 5) is 6.21. The van der Waals surface area contributed by atoms with Gasteiger partial charge < -0.3 is 14.9 Å². The molecular formula is C19H24N2OS. The van der Waals surface area contributed by atoms with Crippen LogP contribution in [0.25, 0.3) is 0 Å². The molecule has 4 unspecified atom stereocenters. The van der Waals surface area contributed by atoms with Crippen LogP contribution in [0.3, 0.4) is 0 Å². The van der Waals surface area contributed by atoms with E-state index >= 15 is 0 Å². The predicted molar refractivity (Wildman–Crippen MR) is 97.1 cm³/mol. The lowest BCUT2D eigenvalue weighted by atomic mass is 9.92. The summed E-state index contributed by atoms with van der Waals surface area (Å²) in [5.41, 5.74) is 1.32. The maximum absolute atomic E-state index is 10.5. The first-order valence-electron chi connectivity index (χ1n) is 8.46. The fourth-order valence-electron chi connectivity index (χ4n) is 3.92. The highest BCUT2D eigenvalue weighted by Crippen LogP contribution is 2.44. The molecule has 2 heterocycles. The molecule has 1 fully saturated rings. The van der Waals surface area contributed by atoms with Gasteiger partial charge in [-0.1, -0.05) is 36.4 Å². The SMILES string of the molecule is CN1CCC(O)C(CN2c3ccccc3SC3C=CC=CC32)C1. The molecule has 4 atom stereocenters. The maximum atomic E-state index is 10.5. The van der Waals surface area contributed by atoms with Crippen molar-refractivity contribution in [2.24, 2.45) is 5.92 Å². The second-order valence-electron chi connectivity index (χ2n) is 6.84. The number of aliphatic hydroxyl groups excluding tert-OH is 1. The van der Waals surface area contributed by atoms with E-state index in [0.29, 0.717) is 17.2 Å². The number of thioether (sulfide) groups is 1. The van der Waals surface area contributed by atoms with Crippen LogP contribution in [0, 0.1) is 5.92 Å². The molecular weight excluding hydrogens is 304 g/mol. The third-order valence-electron chi connectivity index (χ3n) is 5.18. The molecule has 4 heteroatoms. The molecule has 23 heavy (non-hydrogen) atoms. The van der Waals surface area contributed by atoms with E-state index < -0.39 is 0 Å². The number of benzene rings is 1. The average Bonchev–Trinajstić information content (AvgIpc) is 2.58. The Labute approximate surface area is 142 Å². The molecule has 3 nitrogen and oxygen atoms in total. The Morgan fingerprint density at radius 3 is 2.96 bits per heavy atom. The molecule has 0 radical (unpaired) electrons. The molecule has 0 saturated carbocycles. The van der Waals surface area contributed by atoms with Gasteiger partial charge in [-0.15, -0.1) is 11.8 Å². The molecule has 3 aliphatic rings. The minimum atomic E-state index is -0.186. The van der Waals surface area contributed by atoms with Crippen molar-refractivity contribution in [3.63, 3.8) is 0 Å². The molecule has 1 aromatic carbocycles. The highest BCUT2D eigenvalue weighted by Gasteiger charge is 2.36. The summed E-state index contributed by atoms with van der Waals surface area (Å²) in [6.45, 7) is 2.89. The number of rotatable bonds is 2. The van der Waals surface area contributed by atoms with Crippen LogP contribution in [-0.2, 0) is 0 Å². The molecule has 122 valence electrons. The lowest BCUT2D eigenvalue weighted by molar-refractivity contribution is 0.0391.